The molecule has 0 radical (unpaired) electrons. The van der Waals surface area contributed by atoms with Gasteiger partial charge >= 0.3 is 0 Å². The molecule has 1 N–H and O–H groups in total. The van der Waals surface area contributed by atoms with Crippen molar-refractivity contribution in [2.75, 3.05) is 55.6 Å². The molecule has 3 heterocycles. The Balaban J connectivity index is 1.04. The maximum absolute atomic E-state index is 12.1. The average Bonchev–Trinajstić information content (AvgIpc) is 2.80. The zero-order chi connectivity index (χ0) is 22.8. The molecular formula is C26H31BrN4O2. The van der Waals surface area contributed by atoms with E-state index >= 15 is 0 Å². The van der Waals surface area contributed by atoms with E-state index in [2.05, 4.69) is 84.5 Å². The van der Waals surface area contributed by atoms with Gasteiger partial charge in [0.1, 0.15) is 0 Å². The minimum absolute atomic E-state index is 0.162. The predicted molar refractivity (Wildman–Crippen MR) is 135 cm³/mol. The third kappa shape index (κ3) is 5.25. The van der Waals surface area contributed by atoms with Crippen molar-refractivity contribution < 1.29 is 9.59 Å². The van der Waals surface area contributed by atoms with Crippen molar-refractivity contribution in [1.29, 1.82) is 0 Å². The smallest absolute Gasteiger partial charge is 0.234 e. The van der Waals surface area contributed by atoms with Crippen LogP contribution in [-0.2, 0) is 9.59 Å². The SMILES string of the molecule is O=C1CCC(c2ccc(N3CCN(CCC4CN(c5ccc(Br)cc5)C4)CC3)cc2)C(=O)N1. The molecule has 5 rings (SSSR count). The monoisotopic (exact) mass is 510 g/mol. The molecule has 1 unspecified atom stereocenters. The molecule has 174 valence electrons. The van der Waals surface area contributed by atoms with Crippen LogP contribution in [0.1, 0.15) is 30.7 Å². The number of carbonyl (C=O) groups excluding carboxylic acids is 2. The molecule has 33 heavy (non-hydrogen) atoms. The minimum atomic E-state index is -0.209. The molecule has 0 bridgehead atoms. The lowest BCUT2D eigenvalue weighted by molar-refractivity contribution is -0.134. The van der Waals surface area contributed by atoms with Gasteiger partial charge in [0.2, 0.25) is 11.8 Å². The van der Waals surface area contributed by atoms with E-state index in [-0.39, 0.29) is 17.7 Å². The lowest BCUT2D eigenvalue weighted by atomic mass is 9.90. The molecule has 2 aromatic rings. The van der Waals surface area contributed by atoms with Crippen molar-refractivity contribution in [3.63, 3.8) is 0 Å². The van der Waals surface area contributed by atoms with Crippen LogP contribution in [0.25, 0.3) is 0 Å². The van der Waals surface area contributed by atoms with Gasteiger partial charge in [-0.15, -0.1) is 0 Å². The van der Waals surface area contributed by atoms with Gasteiger partial charge in [-0.3, -0.25) is 19.8 Å². The second-order valence-electron chi connectivity index (χ2n) is 9.46. The van der Waals surface area contributed by atoms with Gasteiger partial charge in [-0.05, 0) is 67.3 Å². The Morgan fingerprint density at radius 3 is 2.15 bits per heavy atom. The third-order valence-corrected chi connectivity index (χ3v) is 7.80. The summed E-state index contributed by atoms with van der Waals surface area (Å²) in [5, 5.41) is 2.45. The summed E-state index contributed by atoms with van der Waals surface area (Å²) in [6.07, 6.45) is 2.29. The first-order valence-corrected chi connectivity index (χ1v) is 12.8. The van der Waals surface area contributed by atoms with Crippen molar-refractivity contribution in [3.05, 3.63) is 58.6 Å². The van der Waals surface area contributed by atoms with Crippen LogP contribution in [0.2, 0.25) is 0 Å². The Morgan fingerprint density at radius 1 is 0.848 bits per heavy atom. The molecule has 3 aliphatic heterocycles. The highest BCUT2D eigenvalue weighted by Crippen LogP contribution is 2.29. The summed E-state index contributed by atoms with van der Waals surface area (Å²) in [4.78, 5) is 31.0. The first-order chi connectivity index (χ1) is 16.0. The molecular weight excluding hydrogens is 480 g/mol. The van der Waals surface area contributed by atoms with Gasteiger partial charge in [-0.25, -0.2) is 0 Å². The summed E-state index contributed by atoms with van der Waals surface area (Å²) in [5.41, 5.74) is 3.54. The largest absolute Gasteiger partial charge is 0.371 e. The Morgan fingerprint density at radius 2 is 1.48 bits per heavy atom. The van der Waals surface area contributed by atoms with Gasteiger partial charge < -0.3 is 9.80 Å². The molecule has 6 nitrogen and oxygen atoms in total. The summed E-state index contributed by atoms with van der Waals surface area (Å²) in [5.74, 6) is 0.260. The Kier molecular flexibility index (Phi) is 6.69. The molecule has 2 amide bonds. The van der Waals surface area contributed by atoms with Crippen molar-refractivity contribution in [1.82, 2.24) is 10.2 Å². The molecule has 2 aromatic carbocycles. The van der Waals surface area contributed by atoms with Crippen LogP contribution in [0.3, 0.4) is 0 Å². The van der Waals surface area contributed by atoms with Crippen LogP contribution in [0.5, 0.6) is 0 Å². The summed E-state index contributed by atoms with van der Waals surface area (Å²) in [6.45, 7) is 7.78. The standard InChI is InChI=1S/C26H31BrN4O2/c27-21-3-7-23(8-4-21)31-17-19(18-31)11-12-29-13-15-30(16-14-29)22-5-1-20(2-6-22)24-9-10-25(32)28-26(24)33/h1-8,19,24H,9-18H2,(H,28,32,33). The summed E-state index contributed by atoms with van der Waals surface area (Å²) in [7, 11) is 0. The first-order valence-electron chi connectivity index (χ1n) is 12.0. The fraction of sp³-hybridized carbons (Fsp3) is 0.462. The van der Waals surface area contributed by atoms with Gasteiger partial charge in [0.25, 0.3) is 0 Å². The maximum Gasteiger partial charge on any atom is 0.234 e. The molecule has 0 aliphatic carbocycles. The number of piperazine rings is 1. The van der Waals surface area contributed by atoms with E-state index in [1.54, 1.807) is 0 Å². The zero-order valence-electron chi connectivity index (χ0n) is 18.9. The quantitative estimate of drug-likeness (QED) is 0.601. The Bertz CT molecular complexity index is 980. The van der Waals surface area contributed by atoms with E-state index in [4.69, 9.17) is 0 Å². The Labute approximate surface area is 204 Å². The number of rotatable bonds is 6. The highest BCUT2D eigenvalue weighted by Gasteiger charge is 2.29. The number of halogens is 1. The van der Waals surface area contributed by atoms with E-state index in [0.717, 1.165) is 42.1 Å². The van der Waals surface area contributed by atoms with Crippen molar-refractivity contribution in [3.8, 4) is 0 Å². The number of piperidine rings is 1. The van der Waals surface area contributed by atoms with Crippen LogP contribution >= 0.6 is 15.9 Å². The lowest BCUT2D eigenvalue weighted by Crippen LogP contribution is -2.50. The second-order valence-corrected chi connectivity index (χ2v) is 10.4. The first kappa shape index (κ1) is 22.4. The highest BCUT2D eigenvalue weighted by molar-refractivity contribution is 9.10. The highest BCUT2D eigenvalue weighted by atomic mass is 79.9. The molecule has 0 aromatic heterocycles. The topological polar surface area (TPSA) is 55.9 Å². The molecule has 0 saturated carbocycles. The van der Waals surface area contributed by atoms with E-state index in [1.807, 2.05) is 0 Å². The summed E-state index contributed by atoms with van der Waals surface area (Å²) < 4.78 is 1.13. The number of hydrogen-bond donors (Lipinski definition) is 1. The van der Waals surface area contributed by atoms with Crippen molar-refractivity contribution in [2.24, 2.45) is 5.92 Å². The van der Waals surface area contributed by atoms with E-state index in [0.29, 0.717) is 12.8 Å². The van der Waals surface area contributed by atoms with Gasteiger partial charge in [-0.2, -0.15) is 0 Å². The second kappa shape index (κ2) is 9.85. The minimum Gasteiger partial charge on any atom is -0.371 e. The molecule has 1 atom stereocenters. The van der Waals surface area contributed by atoms with E-state index < -0.39 is 0 Å². The number of amides is 2. The van der Waals surface area contributed by atoms with Crippen LogP contribution in [0.4, 0.5) is 11.4 Å². The summed E-state index contributed by atoms with van der Waals surface area (Å²) in [6, 6.07) is 17.0. The number of carbonyl (C=O) groups is 2. The van der Waals surface area contributed by atoms with Crippen LogP contribution in [0, 0.1) is 5.92 Å². The fourth-order valence-corrected chi connectivity index (χ4v) is 5.40. The van der Waals surface area contributed by atoms with Gasteiger partial charge in [0, 0.05) is 61.5 Å². The van der Waals surface area contributed by atoms with Crippen molar-refractivity contribution in [2.45, 2.75) is 25.2 Å². The number of anilines is 2. The van der Waals surface area contributed by atoms with E-state index in [9.17, 15) is 9.59 Å². The number of nitrogens with one attached hydrogen (secondary N) is 1. The zero-order valence-corrected chi connectivity index (χ0v) is 20.5. The summed E-state index contributed by atoms with van der Waals surface area (Å²) >= 11 is 3.51. The van der Waals surface area contributed by atoms with Gasteiger partial charge in [0.15, 0.2) is 0 Å². The van der Waals surface area contributed by atoms with Crippen LogP contribution in [0.15, 0.2) is 53.0 Å². The molecule has 7 heteroatoms. The maximum atomic E-state index is 12.1. The Hall–Kier alpha value is -2.38. The third-order valence-electron chi connectivity index (χ3n) is 7.27. The fourth-order valence-electron chi connectivity index (χ4n) is 5.14. The number of benzene rings is 2. The number of hydrogen-bond acceptors (Lipinski definition) is 5. The van der Waals surface area contributed by atoms with E-state index in [1.165, 1.54) is 37.4 Å². The van der Waals surface area contributed by atoms with Crippen molar-refractivity contribution >= 4 is 39.1 Å². The van der Waals surface area contributed by atoms with Crippen LogP contribution < -0.4 is 15.1 Å². The molecule has 3 saturated heterocycles. The van der Waals surface area contributed by atoms with Gasteiger partial charge in [-0.1, -0.05) is 28.1 Å². The predicted octanol–water partition coefficient (Wildman–Crippen LogP) is 3.62. The lowest BCUT2D eigenvalue weighted by Gasteiger charge is -2.43. The molecule has 3 fully saturated rings. The average molecular weight is 511 g/mol. The van der Waals surface area contributed by atoms with Gasteiger partial charge in [0.05, 0.1) is 5.92 Å². The molecule has 3 aliphatic rings. The molecule has 0 spiro atoms. The van der Waals surface area contributed by atoms with Crippen LogP contribution in [-0.4, -0.2) is 62.5 Å². The normalized spacial score (nSPS) is 22.3. The number of imide groups is 1. The number of nitrogens with zero attached hydrogens (tertiary/aromatic N) is 3.